The molecule has 0 saturated heterocycles. The largest absolute Gasteiger partial charge is 0.478 e. The second-order valence-electron chi connectivity index (χ2n) is 9.23. The maximum Gasteiger partial charge on any atom is 0.335 e. The second kappa shape index (κ2) is 8.91. The number of hydrogen-bond acceptors (Lipinski definition) is 7. The number of aryl methyl sites for hydroxylation is 1. The first kappa shape index (κ1) is 24.1. The normalized spacial score (nSPS) is 12.0. The van der Waals surface area contributed by atoms with Gasteiger partial charge in [-0.25, -0.2) is 9.78 Å². The summed E-state index contributed by atoms with van der Waals surface area (Å²) in [7, 11) is 0. The van der Waals surface area contributed by atoms with Crippen molar-refractivity contribution in [1.29, 1.82) is 0 Å². The number of hydrogen-bond donors (Lipinski definition) is 1. The van der Waals surface area contributed by atoms with Crippen LogP contribution in [0.1, 0.15) is 63.4 Å². The molecule has 2 aromatic rings. The summed E-state index contributed by atoms with van der Waals surface area (Å²) in [6.45, 7) is 12.0. The standard InChI is InChI=1S/C23H29NO7/c1-13-17(24-18(29-13)14-8-10-15(11-9-14)19(25)26)12-16(20(27)30-22(2,3)4)21(28)31-23(5,6)7/h8-11,16H,12H2,1-7H3,(H,25,26). The maximum absolute atomic E-state index is 12.7. The minimum Gasteiger partial charge on any atom is -0.478 e. The van der Waals surface area contributed by atoms with Crippen molar-refractivity contribution < 1.29 is 33.4 Å². The molecule has 0 fully saturated rings. The number of esters is 2. The first-order valence-corrected chi connectivity index (χ1v) is 9.92. The molecule has 1 heterocycles. The number of nitrogens with zero attached hydrogens (tertiary/aromatic N) is 1. The number of carboxylic acid groups (broad SMARTS) is 1. The molecule has 0 aliphatic rings. The van der Waals surface area contributed by atoms with Gasteiger partial charge in [0.15, 0.2) is 5.92 Å². The Morgan fingerprint density at radius 2 is 1.45 bits per heavy atom. The molecular formula is C23H29NO7. The quantitative estimate of drug-likeness (QED) is 0.535. The molecule has 0 amide bonds. The van der Waals surface area contributed by atoms with Crippen molar-refractivity contribution in [3.05, 3.63) is 41.3 Å². The number of aromatic carboxylic acids is 1. The van der Waals surface area contributed by atoms with Crippen LogP contribution in [0.4, 0.5) is 0 Å². The van der Waals surface area contributed by atoms with Gasteiger partial charge in [-0.2, -0.15) is 0 Å². The highest BCUT2D eigenvalue weighted by atomic mass is 16.6. The van der Waals surface area contributed by atoms with Crippen LogP contribution in [-0.2, 0) is 25.5 Å². The molecule has 2 rings (SSSR count). The van der Waals surface area contributed by atoms with Crippen LogP contribution in [-0.4, -0.2) is 39.2 Å². The predicted molar refractivity (Wildman–Crippen MR) is 113 cm³/mol. The van der Waals surface area contributed by atoms with E-state index in [-0.39, 0.29) is 17.9 Å². The van der Waals surface area contributed by atoms with Crippen molar-refractivity contribution in [2.45, 2.75) is 66.1 Å². The number of oxazole rings is 1. The fourth-order valence-electron chi connectivity index (χ4n) is 2.70. The van der Waals surface area contributed by atoms with Crippen molar-refractivity contribution in [2.75, 3.05) is 0 Å². The summed E-state index contributed by atoms with van der Waals surface area (Å²) in [4.78, 5) is 40.9. The van der Waals surface area contributed by atoms with Crippen molar-refractivity contribution in [1.82, 2.24) is 4.98 Å². The Hall–Kier alpha value is -3.16. The van der Waals surface area contributed by atoms with Crippen LogP contribution >= 0.6 is 0 Å². The van der Waals surface area contributed by atoms with E-state index < -0.39 is 35.0 Å². The monoisotopic (exact) mass is 431 g/mol. The van der Waals surface area contributed by atoms with E-state index in [2.05, 4.69) is 4.98 Å². The van der Waals surface area contributed by atoms with E-state index in [4.69, 9.17) is 19.0 Å². The third-order valence-electron chi connectivity index (χ3n) is 4.05. The molecule has 168 valence electrons. The van der Waals surface area contributed by atoms with Crippen LogP contribution in [0.2, 0.25) is 0 Å². The lowest BCUT2D eigenvalue weighted by Gasteiger charge is -2.26. The summed E-state index contributed by atoms with van der Waals surface area (Å²) in [6.07, 6.45) is -0.0492. The van der Waals surface area contributed by atoms with Gasteiger partial charge in [0, 0.05) is 12.0 Å². The minimum absolute atomic E-state index is 0.0492. The molecule has 8 nitrogen and oxygen atoms in total. The maximum atomic E-state index is 12.7. The first-order valence-electron chi connectivity index (χ1n) is 9.92. The molecule has 8 heteroatoms. The number of rotatable bonds is 6. The smallest absolute Gasteiger partial charge is 0.335 e. The molecule has 0 bridgehead atoms. The zero-order chi connectivity index (χ0) is 23.6. The fourth-order valence-corrected chi connectivity index (χ4v) is 2.70. The molecule has 1 aromatic carbocycles. The number of carbonyl (C=O) groups excluding carboxylic acids is 2. The molecular weight excluding hydrogens is 402 g/mol. The van der Waals surface area contributed by atoms with Gasteiger partial charge in [-0.15, -0.1) is 0 Å². The van der Waals surface area contributed by atoms with E-state index in [0.717, 1.165) is 0 Å². The van der Waals surface area contributed by atoms with Gasteiger partial charge in [0.25, 0.3) is 0 Å². The fraction of sp³-hybridized carbons (Fsp3) is 0.478. The lowest BCUT2D eigenvalue weighted by Crippen LogP contribution is -2.38. The number of carbonyl (C=O) groups is 3. The van der Waals surface area contributed by atoms with Crippen molar-refractivity contribution in [2.24, 2.45) is 5.92 Å². The summed E-state index contributed by atoms with van der Waals surface area (Å²) < 4.78 is 16.5. The number of ether oxygens (including phenoxy) is 2. The molecule has 0 spiro atoms. The highest BCUT2D eigenvalue weighted by Crippen LogP contribution is 2.26. The highest BCUT2D eigenvalue weighted by Gasteiger charge is 2.36. The van der Waals surface area contributed by atoms with E-state index >= 15 is 0 Å². The number of aromatic nitrogens is 1. The third-order valence-corrected chi connectivity index (χ3v) is 4.05. The summed E-state index contributed by atoms with van der Waals surface area (Å²) in [5.74, 6) is -2.93. The molecule has 31 heavy (non-hydrogen) atoms. The van der Waals surface area contributed by atoms with Crippen LogP contribution in [0.3, 0.4) is 0 Å². The Morgan fingerprint density at radius 1 is 0.968 bits per heavy atom. The van der Waals surface area contributed by atoms with E-state index in [1.165, 1.54) is 12.1 Å². The van der Waals surface area contributed by atoms with E-state index in [1.54, 1.807) is 60.6 Å². The molecule has 0 saturated carbocycles. The Morgan fingerprint density at radius 3 is 1.87 bits per heavy atom. The first-order chi connectivity index (χ1) is 14.2. The summed E-state index contributed by atoms with van der Waals surface area (Å²) >= 11 is 0. The van der Waals surface area contributed by atoms with Crippen molar-refractivity contribution in [3.8, 4) is 11.5 Å². The van der Waals surface area contributed by atoms with Crippen LogP contribution in [0.5, 0.6) is 0 Å². The molecule has 0 radical (unpaired) electrons. The molecule has 0 unspecified atom stereocenters. The van der Waals surface area contributed by atoms with Crippen LogP contribution in [0.25, 0.3) is 11.5 Å². The Bertz CT molecular complexity index is 931. The molecule has 1 aromatic heterocycles. The Kier molecular flexibility index (Phi) is 6.93. The van der Waals surface area contributed by atoms with Crippen LogP contribution in [0, 0.1) is 12.8 Å². The average molecular weight is 431 g/mol. The van der Waals surface area contributed by atoms with Crippen molar-refractivity contribution >= 4 is 17.9 Å². The minimum atomic E-state index is -1.20. The molecule has 0 aliphatic carbocycles. The summed E-state index contributed by atoms with van der Waals surface area (Å²) in [5.41, 5.74) is -0.410. The van der Waals surface area contributed by atoms with Gasteiger partial charge >= 0.3 is 17.9 Å². The molecule has 0 aliphatic heterocycles. The van der Waals surface area contributed by atoms with Crippen LogP contribution in [0.15, 0.2) is 28.7 Å². The van der Waals surface area contributed by atoms with Gasteiger partial charge < -0.3 is 19.0 Å². The van der Waals surface area contributed by atoms with Crippen molar-refractivity contribution in [3.63, 3.8) is 0 Å². The zero-order valence-electron chi connectivity index (χ0n) is 18.9. The van der Waals surface area contributed by atoms with Gasteiger partial charge in [0.05, 0.1) is 11.3 Å². The summed E-state index contributed by atoms with van der Waals surface area (Å²) in [6, 6.07) is 6.05. The van der Waals surface area contributed by atoms with E-state index in [9.17, 15) is 14.4 Å². The number of carboxylic acids is 1. The van der Waals surface area contributed by atoms with E-state index in [1.807, 2.05) is 0 Å². The van der Waals surface area contributed by atoms with Gasteiger partial charge in [-0.05, 0) is 72.7 Å². The van der Waals surface area contributed by atoms with E-state index in [0.29, 0.717) is 17.0 Å². The zero-order valence-corrected chi connectivity index (χ0v) is 18.9. The lowest BCUT2D eigenvalue weighted by atomic mass is 10.0. The van der Waals surface area contributed by atoms with Gasteiger partial charge in [-0.3, -0.25) is 9.59 Å². The van der Waals surface area contributed by atoms with Gasteiger partial charge in [0.2, 0.25) is 5.89 Å². The molecule has 1 N–H and O–H groups in total. The number of benzene rings is 1. The topological polar surface area (TPSA) is 116 Å². The van der Waals surface area contributed by atoms with Crippen LogP contribution < -0.4 is 0 Å². The average Bonchev–Trinajstić information content (AvgIpc) is 2.97. The summed E-state index contributed by atoms with van der Waals surface area (Å²) in [5, 5.41) is 9.03. The SMILES string of the molecule is Cc1oc(-c2ccc(C(=O)O)cc2)nc1CC(C(=O)OC(C)(C)C)C(=O)OC(C)(C)C. The second-order valence-corrected chi connectivity index (χ2v) is 9.23. The Labute approximate surface area is 181 Å². The van der Waals surface area contributed by atoms with Gasteiger partial charge in [0.1, 0.15) is 17.0 Å². The molecule has 0 atom stereocenters. The van der Waals surface area contributed by atoms with Gasteiger partial charge in [-0.1, -0.05) is 0 Å². The highest BCUT2D eigenvalue weighted by molar-refractivity contribution is 5.95. The predicted octanol–water partition coefficient (Wildman–Crippen LogP) is 4.19. The lowest BCUT2D eigenvalue weighted by molar-refractivity contribution is -0.174. The third kappa shape index (κ3) is 6.94. The Balaban J connectivity index is 2.32.